The Hall–Kier alpha value is -1.59. The highest BCUT2D eigenvalue weighted by molar-refractivity contribution is 5.38. The molecular formula is C9H8F3N3. The Labute approximate surface area is 83.5 Å². The van der Waals surface area contributed by atoms with Gasteiger partial charge in [0.2, 0.25) is 0 Å². The van der Waals surface area contributed by atoms with Crippen molar-refractivity contribution in [2.24, 2.45) is 0 Å². The third-order valence-corrected chi connectivity index (χ3v) is 2.02. The molecule has 0 N–H and O–H groups in total. The number of alkyl halides is 3. The molecule has 3 nitrogen and oxygen atoms in total. The van der Waals surface area contributed by atoms with Gasteiger partial charge in [-0.05, 0) is 18.6 Å². The molecule has 0 atom stereocenters. The SMILES string of the molecule is CCc1cn2nc(C(F)(F)F)ccc2n1. The van der Waals surface area contributed by atoms with Crippen LogP contribution in [0.3, 0.4) is 0 Å². The minimum Gasteiger partial charge on any atom is -0.232 e. The van der Waals surface area contributed by atoms with Gasteiger partial charge in [-0.15, -0.1) is 0 Å². The van der Waals surface area contributed by atoms with Gasteiger partial charge in [0.1, 0.15) is 0 Å². The molecule has 0 amide bonds. The standard InChI is InChI=1S/C9H8F3N3/c1-2-6-5-15-8(13-6)4-3-7(14-15)9(10,11)12/h3-5H,2H2,1H3. The molecule has 6 heteroatoms. The van der Waals surface area contributed by atoms with Crippen molar-refractivity contribution < 1.29 is 13.2 Å². The molecule has 0 aromatic carbocycles. The van der Waals surface area contributed by atoms with Crippen molar-refractivity contribution in [2.75, 3.05) is 0 Å². The van der Waals surface area contributed by atoms with Crippen molar-refractivity contribution in [3.8, 4) is 0 Å². The summed E-state index contributed by atoms with van der Waals surface area (Å²) in [6, 6.07) is 2.25. The topological polar surface area (TPSA) is 30.2 Å². The number of hydrogen-bond acceptors (Lipinski definition) is 2. The highest BCUT2D eigenvalue weighted by atomic mass is 19.4. The van der Waals surface area contributed by atoms with E-state index >= 15 is 0 Å². The van der Waals surface area contributed by atoms with Crippen molar-refractivity contribution >= 4 is 5.65 Å². The summed E-state index contributed by atoms with van der Waals surface area (Å²) in [6.45, 7) is 1.88. The van der Waals surface area contributed by atoms with Crippen LogP contribution in [0.1, 0.15) is 18.3 Å². The van der Waals surface area contributed by atoms with Crippen LogP contribution in [0.15, 0.2) is 18.3 Å². The zero-order valence-electron chi connectivity index (χ0n) is 7.91. The minimum absolute atomic E-state index is 0.430. The fourth-order valence-electron chi connectivity index (χ4n) is 1.25. The summed E-state index contributed by atoms with van der Waals surface area (Å²) in [5.41, 5.74) is 0.247. The first-order valence-electron chi connectivity index (χ1n) is 4.43. The van der Waals surface area contributed by atoms with Crippen molar-refractivity contribution in [3.63, 3.8) is 0 Å². The van der Waals surface area contributed by atoms with E-state index in [9.17, 15) is 13.2 Å². The number of aromatic nitrogens is 3. The van der Waals surface area contributed by atoms with Crippen LogP contribution in [-0.4, -0.2) is 14.6 Å². The fourth-order valence-corrected chi connectivity index (χ4v) is 1.25. The molecule has 2 aromatic heterocycles. The summed E-state index contributed by atoms with van der Waals surface area (Å²) in [4.78, 5) is 4.09. The van der Waals surface area contributed by atoms with Crippen LogP contribution in [0.25, 0.3) is 5.65 Å². The predicted octanol–water partition coefficient (Wildman–Crippen LogP) is 2.31. The van der Waals surface area contributed by atoms with Crippen molar-refractivity contribution in [3.05, 3.63) is 29.7 Å². The van der Waals surface area contributed by atoms with E-state index in [0.717, 1.165) is 16.3 Å². The Bertz CT molecular complexity index is 487. The minimum atomic E-state index is -4.41. The lowest BCUT2D eigenvalue weighted by molar-refractivity contribution is -0.141. The third-order valence-electron chi connectivity index (χ3n) is 2.02. The normalized spacial score (nSPS) is 12.3. The molecule has 2 heterocycles. The molecule has 15 heavy (non-hydrogen) atoms. The molecule has 0 radical (unpaired) electrons. The van der Waals surface area contributed by atoms with Gasteiger partial charge in [0.25, 0.3) is 0 Å². The van der Waals surface area contributed by atoms with E-state index < -0.39 is 11.9 Å². The van der Waals surface area contributed by atoms with E-state index in [0.29, 0.717) is 12.1 Å². The first-order chi connectivity index (χ1) is 7.00. The maximum absolute atomic E-state index is 12.3. The van der Waals surface area contributed by atoms with E-state index in [2.05, 4.69) is 10.1 Å². The number of fused-ring (bicyclic) bond motifs is 1. The van der Waals surface area contributed by atoms with Gasteiger partial charge < -0.3 is 0 Å². The smallest absolute Gasteiger partial charge is 0.232 e. The van der Waals surface area contributed by atoms with Crippen molar-refractivity contribution in [1.82, 2.24) is 14.6 Å². The number of hydrogen-bond donors (Lipinski definition) is 0. The molecule has 0 saturated heterocycles. The largest absolute Gasteiger partial charge is 0.435 e. The zero-order chi connectivity index (χ0) is 11.1. The van der Waals surface area contributed by atoms with Crippen LogP contribution in [0, 0.1) is 0 Å². The summed E-state index contributed by atoms with van der Waals surface area (Å²) in [5, 5.41) is 3.44. The Balaban J connectivity index is 2.55. The molecule has 2 aromatic rings. The van der Waals surface area contributed by atoms with Gasteiger partial charge in [-0.1, -0.05) is 6.92 Å². The first kappa shape index (κ1) is 9.95. The zero-order valence-corrected chi connectivity index (χ0v) is 7.91. The van der Waals surface area contributed by atoms with E-state index in [1.165, 1.54) is 12.3 Å². The summed E-state index contributed by atoms with van der Waals surface area (Å²) in [7, 11) is 0. The monoisotopic (exact) mass is 215 g/mol. The Kier molecular flexibility index (Phi) is 2.13. The second kappa shape index (κ2) is 3.22. The highest BCUT2D eigenvalue weighted by Gasteiger charge is 2.33. The van der Waals surface area contributed by atoms with Gasteiger partial charge in [0.05, 0.1) is 11.9 Å². The Morgan fingerprint density at radius 2 is 2.07 bits per heavy atom. The lowest BCUT2D eigenvalue weighted by Gasteiger charge is -2.04. The van der Waals surface area contributed by atoms with E-state index in [-0.39, 0.29) is 0 Å². The van der Waals surface area contributed by atoms with Crippen LogP contribution < -0.4 is 0 Å². The molecule has 0 aliphatic carbocycles. The molecule has 80 valence electrons. The second-order valence-electron chi connectivity index (χ2n) is 3.10. The Morgan fingerprint density at radius 1 is 1.33 bits per heavy atom. The molecule has 0 aliphatic rings. The number of rotatable bonds is 1. The number of nitrogens with zero attached hydrogens (tertiary/aromatic N) is 3. The maximum atomic E-state index is 12.3. The summed E-state index contributed by atoms with van der Waals surface area (Å²) < 4.78 is 38.1. The maximum Gasteiger partial charge on any atom is 0.435 e. The van der Waals surface area contributed by atoms with Gasteiger partial charge in [0, 0.05) is 0 Å². The molecule has 0 bridgehead atoms. The van der Waals surface area contributed by atoms with Crippen LogP contribution in [0.4, 0.5) is 13.2 Å². The molecule has 0 saturated carbocycles. The van der Waals surface area contributed by atoms with E-state index in [1.54, 1.807) is 0 Å². The van der Waals surface area contributed by atoms with Crippen LogP contribution in [0.2, 0.25) is 0 Å². The first-order valence-corrected chi connectivity index (χ1v) is 4.43. The Morgan fingerprint density at radius 3 is 2.67 bits per heavy atom. The van der Waals surface area contributed by atoms with Gasteiger partial charge >= 0.3 is 6.18 Å². The number of aryl methyl sites for hydroxylation is 1. The number of imidazole rings is 1. The lowest BCUT2D eigenvalue weighted by Crippen LogP contribution is -2.10. The second-order valence-corrected chi connectivity index (χ2v) is 3.10. The van der Waals surface area contributed by atoms with Crippen molar-refractivity contribution in [2.45, 2.75) is 19.5 Å². The van der Waals surface area contributed by atoms with Gasteiger partial charge in [-0.25, -0.2) is 9.50 Å². The van der Waals surface area contributed by atoms with E-state index in [1.807, 2.05) is 6.92 Å². The van der Waals surface area contributed by atoms with Gasteiger partial charge in [-0.2, -0.15) is 18.3 Å². The molecule has 0 unspecified atom stereocenters. The average Bonchev–Trinajstić information content (AvgIpc) is 2.57. The molecule has 0 aliphatic heterocycles. The lowest BCUT2D eigenvalue weighted by atomic mass is 10.4. The third kappa shape index (κ3) is 1.79. The van der Waals surface area contributed by atoms with Crippen LogP contribution in [0.5, 0.6) is 0 Å². The van der Waals surface area contributed by atoms with Crippen molar-refractivity contribution in [1.29, 1.82) is 0 Å². The predicted molar refractivity (Wildman–Crippen MR) is 47.4 cm³/mol. The summed E-state index contributed by atoms with van der Waals surface area (Å²) >= 11 is 0. The fraction of sp³-hybridized carbons (Fsp3) is 0.333. The molecule has 0 fully saturated rings. The van der Waals surface area contributed by atoms with Gasteiger partial charge in [0.15, 0.2) is 11.3 Å². The summed E-state index contributed by atoms with van der Waals surface area (Å²) in [6.07, 6.45) is -2.24. The van der Waals surface area contributed by atoms with Crippen LogP contribution in [-0.2, 0) is 12.6 Å². The molecule has 2 rings (SSSR count). The van der Waals surface area contributed by atoms with Crippen LogP contribution >= 0.6 is 0 Å². The number of halogens is 3. The molecular weight excluding hydrogens is 207 g/mol. The van der Waals surface area contributed by atoms with E-state index in [4.69, 9.17) is 0 Å². The summed E-state index contributed by atoms with van der Waals surface area (Å²) in [5.74, 6) is 0. The molecule has 0 spiro atoms. The quantitative estimate of drug-likeness (QED) is 0.730. The van der Waals surface area contributed by atoms with Gasteiger partial charge in [-0.3, -0.25) is 0 Å². The highest BCUT2D eigenvalue weighted by Crippen LogP contribution is 2.27. The average molecular weight is 215 g/mol.